The topological polar surface area (TPSA) is 38.5 Å². The molecular formula is C31H40N6. The first kappa shape index (κ1) is 24.2. The standard InChI is InChI=1S/C31H40N6/c1-6-29-32-26-19-37(27-12-8-11-23-10-7-9-21(2)30(23)27)18-15-25(26)31(33-29)36-16-13-24(14-17-36)35(5)22(3)28-20-34(28)4/h7-12,24,28H,3,6,13-20H2,1-2,4-5H3. The molecule has 2 aromatic carbocycles. The number of likely N-dealkylation sites (N-methyl/N-ethyl adjacent to an activating group) is 2. The Hall–Kier alpha value is -3.12. The van der Waals surface area contributed by atoms with Crippen LogP contribution in [-0.4, -0.2) is 72.1 Å². The average Bonchev–Trinajstić information content (AvgIpc) is 3.67. The Bertz CT molecular complexity index is 1320. The molecule has 6 rings (SSSR count). The van der Waals surface area contributed by atoms with Crippen molar-refractivity contribution >= 4 is 22.3 Å². The Morgan fingerprint density at radius 2 is 1.78 bits per heavy atom. The highest BCUT2D eigenvalue weighted by Crippen LogP contribution is 2.36. The Balaban J connectivity index is 1.23. The van der Waals surface area contributed by atoms with Crippen LogP contribution in [-0.2, 0) is 19.4 Å². The largest absolute Gasteiger partial charge is 0.374 e. The minimum absolute atomic E-state index is 0.539. The molecule has 6 nitrogen and oxygen atoms in total. The third kappa shape index (κ3) is 4.46. The molecule has 0 radical (unpaired) electrons. The van der Waals surface area contributed by atoms with Crippen LogP contribution in [0.3, 0.4) is 0 Å². The molecular weight excluding hydrogens is 456 g/mol. The van der Waals surface area contributed by atoms with Gasteiger partial charge in [-0.15, -0.1) is 0 Å². The maximum atomic E-state index is 5.10. The van der Waals surface area contributed by atoms with Crippen molar-refractivity contribution in [1.82, 2.24) is 19.8 Å². The predicted molar refractivity (Wildman–Crippen MR) is 153 cm³/mol. The molecule has 4 heterocycles. The number of rotatable bonds is 6. The van der Waals surface area contributed by atoms with E-state index in [-0.39, 0.29) is 0 Å². The Morgan fingerprint density at radius 1 is 1.05 bits per heavy atom. The highest BCUT2D eigenvalue weighted by atomic mass is 15.3. The fourth-order valence-electron chi connectivity index (χ4n) is 6.37. The summed E-state index contributed by atoms with van der Waals surface area (Å²) in [6.07, 6.45) is 4.14. The second kappa shape index (κ2) is 9.64. The van der Waals surface area contributed by atoms with Crippen LogP contribution in [0.25, 0.3) is 10.8 Å². The minimum Gasteiger partial charge on any atom is -0.374 e. The summed E-state index contributed by atoms with van der Waals surface area (Å²) >= 11 is 0. The maximum absolute atomic E-state index is 5.10. The molecule has 194 valence electrons. The summed E-state index contributed by atoms with van der Waals surface area (Å²) in [5.74, 6) is 2.16. The van der Waals surface area contributed by atoms with Crippen LogP contribution in [0.2, 0.25) is 0 Å². The molecule has 0 aliphatic carbocycles. The van der Waals surface area contributed by atoms with E-state index in [2.05, 4.69) is 90.5 Å². The molecule has 2 fully saturated rings. The van der Waals surface area contributed by atoms with Crippen molar-refractivity contribution in [1.29, 1.82) is 0 Å². The molecule has 6 heteroatoms. The number of hydrogen-bond acceptors (Lipinski definition) is 6. The molecule has 3 aliphatic heterocycles. The number of benzene rings is 2. The number of hydrogen-bond donors (Lipinski definition) is 0. The van der Waals surface area contributed by atoms with Crippen LogP contribution in [0.15, 0.2) is 48.7 Å². The monoisotopic (exact) mass is 496 g/mol. The van der Waals surface area contributed by atoms with Gasteiger partial charge in [-0.05, 0) is 50.2 Å². The van der Waals surface area contributed by atoms with Gasteiger partial charge in [0.25, 0.3) is 0 Å². The normalized spacial score (nSPS) is 21.7. The van der Waals surface area contributed by atoms with Crippen molar-refractivity contribution in [2.24, 2.45) is 0 Å². The van der Waals surface area contributed by atoms with Gasteiger partial charge in [0.1, 0.15) is 11.6 Å². The smallest absolute Gasteiger partial charge is 0.135 e. The molecule has 0 spiro atoms. The van der Waals surface area contributed by atoms with Crippen LogP contribution in [0.5, 0.6) is 0 Å². The van der Waals surface area contributed by atoms with Crippen molar-refractivity contribution in [3.8, 4) is 0 Å². The van der Waals surface area contributed by atoms with Crippen LogP contribution in [0, 0.1) is 6.92 Å². The van der Waals surface area contributed by atoms with E-state index in [0.717, 1.165) is 64.2 Å². The second-order valence-electron chi connectivity index (χ2n) is 11.1. The van der Waals surface area contributed by atoms with Gasteiger partial charge in [0.05, 0.1) is 18.3 Å². The Morgan fingerprint density at radius 3 is 2.49 bits per heavy atom. The summed E-state index contributed by atoms with van der Waals surface area (Å²) in [6, 6.07) is 14.4. The third-order valence-electron chi connectivity index (χ3n) is 8.85. The molecule has 0 bridgehead atoms. The first-order chi connectivity index (χ1) is 17.9. The third-order valence-corrected chi connectivity index (χ3v) is 8.85. The lowest BCUT2D eigenvalue weighted by Gasteiger charge is -2.40. The highest BCUT2D eigenvalue weighted by Gasteiger charge is 2.36. The number of fused-ring (bicyclic) bond motifs is 2. The van der Waals surface area contributed by atoms with Crippen molar-refractivity contribution in [2.45, 2.75) is 58.2 Å². The molecule has 0 amide bonds. The molecule has 1 aromatic heterocycles. The fourth-order valence-corrected chi connectivity index (χ4v) is 6.37. The van der Waals surface area contributed by atoms with Crippen LogP contribution >= 0.6 is 0 Å². The van der Waals surface area contributed by atoms with Gasteiger partial charge >= 0.3 is 0 Å². The summed E-state index contributed by atoms with van der Waals surface area (Å²) in [5.41, 5.74) is 6.51. The minimum atomic E-state index is 0.539. The molecule has 37 heavy (non-hydrogen) atoms. The molecule has 2 atom stereocenters. The molecule has 0 N–H and O–H groups in total. The van der Waals surface area contributed by atoms with Crippen molar-refractivity contribution in [3.05, 3.63) is 71.3 Å². The summed E-state index contributed by atoms with van der Waals surface area (Å²) in [7, 11) is 4.42. The summed E-state index contributed by atoms with van der Waals surface area (Å²) in [5, 5.41) is 2.67. The van der Waals surface area contributed by atoms with Gasteiger partial charge in [-0.25, -0.2) is 9.97 Å². The maximum Gasteiger partial charge on any atom is 0.135 e. The van der Waals surface area contributed by atoms with Crippen molar-refractivity contribution < 1.29 is 0 Å². The van der Waals surface area contributed by atoms with Crippen LogP contribution in [0.1, 0.15) is 42.4 Å². The van der Waals surface area contributed by atoms with Crippen LogP contribution < -0.4 is 9.80 Å². The van der Waals surface area contributed by atoms with E-state index in [1.54, 1.807) is 0 Å². The zero-order valence-electron chi connectivity index (χ0n) is 22.9. The SMILES string of the molecule is C=C(C1CN1C)N(C)C1CCN(c2nc(CC)nc3c2CCN(c2cccc4cccc(C)c24)C3)CC1. The van der Waals surface area contributed by atoms with Gasteiger partial charge in [-0.3, -0.25) is 4.90 Å². The van der Waals surface area contributed by atoms with Gasteiger partial charge in [0.15, 0.2) is 0 Å². The van der Waals surface area contributed by atoms with Gasteiger partial charge < -0.3 is 14.7 Å². The fraction of sp³-hybridized carbons (Fsp3) is 0.484. The molecule has 2 saturated heterocycles. The first-order valence-electron chi connectivity index (χ1n) is 13.9. The number of anilines is 2. The molecule has 3 aliphatic rings. The quantitative estimate of drug-likeness (QED) is 0.457. The van der Waals surface area contributed by atoms with Gasteiger partial charge in [0, 0.05) is 68.0 Å². The molecule has 0 saturated carbocycles. The van der Waals surface area contributed by atoms with E-state index in [9.17, 15) is 0 Å². The van der Waals surface area contributed by atoms with Crippen molar-refractivity contribution in [3.63, 3.8) is 0 Å². The lowest BCUT2D eigenvalue weighted by Crippen LogP contribution is -2.45. The first-order valence-corrected chi connectivity index (χ1v) is 13.9. The lowest BCUT2D eigenvalue weighted by atomic mass is 9.98. The summed E-state index contributed by atoms with van der Waals surface area (Å²) < 4.78 is 0. The summed E-state index contributed by atoms with van der Waals surface area (Å²) in [6.45, 7) is 13.9. The van der Waals surface area contributed by atoms with Crippen molar-refractivity contribution in [2.75, 3.05) is 50.1 Å². The van der Waals surface area contributed by atoms with Gasteiger partial charge in [-0.2, -0.15) is 0 Å². The van der Waals surface area contributed by atoms with E-state index in [1.807, 2.05) is 0 Å². The number of nitrogens with zero attached hydrogens (tertiary/aromatic N) is 6. The van der Waals surface area contributed by atoms with Gasteiger partial charge in [0.2, 0.25) is 0 Å². The van der Waals surface area contributed by atoms with E-state index in [0.29, 0.717) is 12.1 Å². The number of aryl methyl sites for hydroxylation is 2. The molecule has 3 aromatic rings. The second-order valence-corrected chi connectivity index (χ2v) is 11.1. The number of piperidine rings is 1. The van der Waals surface area contributed by atoms with E-state index < -0.39 is 0 Å². The number of aromatic nitrogens is 2. The zero-order valence-corrected chi connectivity index (χ0v) is 22.9. The highest BCUT2D eigenvalue weighted by molar-refractivity contribution is 5.97. The lowest BCUT2D eigenvalue weighted by molar-refractivity contribution is 0.249. The average molecular weight is 497 g/mol. The Kier molecular flexibility index (Phi) is 6.31. The summed E-state index contributed by atoms with van der Waals surface area (Å²) in [4.78, 5) is 20.0. The van der Waals surface area contributed by atoms with E-state index in [4.69, 9.17) is 9.97 Å². The van der Waals surface area contributed by atoms with Gasteiger partial charge in [-0.1, -0.05) is 43.8 Å². The zero-order chi connectivity index (χ0) is 25.7. The van der Waals surface area contributed by atoms with E-state index in [1.165, 1.54) is 44.8 Å². The predicted octanol–water partition coefficient (Wildman–Crippen LogP) is 4.79. The molecule has 2 unspecified atom stereocenters. The van der Waals surface area contributed by atoms with E-state index >= 15 is 0 Å². The Labute approximate surface area is 221 Å². The van der Waals surface area contributed by atoms with Crippen LogP contribution in [0.4, 0.5) is 11.5 Å².